The van der Waals surface area contributed by atoms with Crippen molar-refractivity contribution in [1.82, 2.24) is 0 Å². The molecule has 3 rings (SSSR count). The lowest BCUT2D eigenvalue weighted by Gasteiger charge is -2.28. The first-order valence-electron chi connectivity index (χ1n) is 7.00. The Balaban J connectivity index is 2.21. The maximum Gasteiger partial charge on any atom is 0.169 e. The summed E-state index contributed by atoms with van der Waals surface area (Å²) >= 11 is 6.25. The molecule has 110 valence electrons. The molecule has 0 aromatic heterocycles. The summed E-state index contributed by atoms with van der Waals surface area (Å²) in [5.41, 5.74) is 10.2. The summed E-state index contributed by atoms with van der Waals surface area (Å²) in [5, 5.41) is 0.640. The molecule has 1 atom stereocenters. The maximum atomic E-state index is 6.25. The third-order valence-corrected chi connectivity index (χ3v) is 3.96. The van der Waals surface area contributed by atoms with Crippen molar-refractivity contribution >= 4 is 11.6 Å². The van der Waals surface area contributed by atoms with Gasteiger partial charge in [-0.1, -0.05) is 29.8 Å². The molecule has 0 bridgehead atoms. The molecule has 0 saturated carbocycles. The van der Waals surface area contributed by atoms with Crippen LogP contribution in [0.25, 0.3) is 11.1 Å². The van der Waals surface area contributed by atoms with Crippen molar-refractivity contribution in [3.05, 3.63) is 46.5 Å². The number of rotatable bonds is 2. The summed E-state index contributed by atoms with van der Waals surface area (Å²) in [4.78, 5) is 0. The van der Waals surface area contributed by atoms with Gasteiger partial charge in [0.15, 0.2) is 11.5 Å². The van der Waals surface area contributed by atoms with Gasteiger partial charge in [-0.2, -0.15) is 0 Å². The Morgan fingerprint density at radius 1 is 1.24 bits per heavy atom. The van der Waals surface area contributed by atoms with Crippen molar-refractivity contribution in [2.24, 2.45) is 5.73 Å². The van der Waals surface area contributed by atoms with E-state index in [0.717, 1.165) is 16.9 Å². The lowest BCUT2D eigenvalue weighted by Crippen LogP contribution is -2.36. The van der Waals surface area contributed by atoms with E-state index in [1.54, 1.807) is 6.07 Å². The zero-order valence-corrected chi connectivity index (χ0v) is 12.9. The van der Waals surface area contributed by atoms with Gasteiger partial charge in [0.2, 0.25) is 0 Å². The maximum absolute atomic E-state index is 6.25. The molecule has 1 heterocycles. The van der Waals surface area contributed by atoms with Crippen LogP contribution in [0.5, 0.6) is 11.5 Å². The molecular formula is C17H18ClNO2. The van der Waals surface area contributed by atoms with Gasteiger partial charge in [0.25, 0.3) is 0 Å². The van der Waals surface area contributed by atoms with E-state index < -0.39 is 0 Å². The molecule has 0 aliphatic carbocycles. The summed E-state index contributed by atoms with van der Waals surface area (Å²) in [6, 6.07) is 9.93. The number of nitrogens with two attached hydrogens (primary N) is 1. The van der Waals surface area contributed by atoms with Crippen LogP contribution in [0.4, 0.5) is 0 Å². The first-order chi connectivity index (χ1) is 10.1. The molecular weight excluding hydrogens is 286 g/mol. The van der Waals surface area contributed by atoms with Gasteiger partial charge in [0, 0.05) is 23.2 Å². The van der Waals surface area contributed by atoms with E-state index in [9.17, 15) is 0 Å². The van der Waals surface area contributed by atoms with Gasteiger partial charge >= 0.3 is 0 Å². The minimum Gasteiger partial charge on any atom is -0.486 e. The third-order valence-electron chi connectivity index (χ3n) is 3.74. The van der Waals surface area contributed by atoms with Gasteiger partial charge < -0.3 is 15.2 Å². The van der Waals surface area contributed by atoms with Crippen LogP contribution in [0.1, 0.15) is 11.1 Å². The molecule has 0 radical (unpaired) electrons. The fraction of sp³-hybridized carbons (Fsp3) is 0.294. The third kappa shape index (κ3) is 2.59. The fourth-order valence-electron chi connectivity index (χ4n) is 2.72. The van der Waals surface area contributed by atoms with Crippen LogP contribution < -0.4 is 15.2 Å². The lowest BCUT2D eigenvalue weighted by atomic mass is 9.94. The molecule has 1 aliphatic rings. The summed E-state index contributed by atoms with van der Waals surface area (Å²) in [6.45, 7) is 5.05. The molecule has 2 aromatic rings. The van der Waals surface area contributed by atoms with E-state index in [1.807, 2.05) is 12.1 Å². The Morgan fingerprint density at radius 3 is 2.62 bits per heavy atom. The quantitative estimate of drug-likeness (QED) is 0.919. The predicted molar refractivity (Wildman–Crippen MR) is 85.3 cm³/mol. The number of hydrogen-bond donors (Lipinski definition) is 1. The second-order valence-corrected chi connectivity index (χ2v) is 5.77. The van der Waals surface area contributed by atoms with E-state index >= 15 is 0 Å². The summed E-state index contributed by atoms with van der Waals surface area (Å²) in [5.74, 6) is 1.42. The molecule has 1 aliphatic heterocycles. The van der Waals surface area contributed by atoms with E-state index in [4.69, 9.17) is 26.8 Å². The Kier molecular flexibility index (Phi) is 3.79. The summed E-state index contributed by atoms with van der Waals surface area (Å²) in [6.07, 6.45) is -0.123. The minimum atomic E-state index is -0.123. The number of halogens is 1. The average molecular weight is 304 g/mol. The highest BCUT2D eigenvalue weighted by Gasteiger charge is 2.25. The standard InChI is InChI=1S/C17H18ClNO2/c1-10-4-3-5-11(2)16(10)14-6-12(18)7-15-17(14)21-13(8-19)9-20-15/h3-7,13H,8-9,19H2,1-2H3. The second-order valence-electron chi connectivity index (χ2n) is 5.33. The highest BCUT2D eigenvalue weighted by molar-refractivity contribution is 6.31. The van der Waals surface area contributed by atoms with Crippen LogP contribution in [0.15, 0.2) is 30.3 Å². The number of hydrogen-bond acceptors (Lipinski definition) is 3. The van der Waals surface area contributed by atoms with Crippen LogP contribution in [0, 0.1) is 13.8 Å². The molecule has 3 nitrogen and oxygen atoms in total. The van der Waals surface area contributed by atoms with Crippen LogP contribution in [-0.2, 0) is 0 Å². The van der Waals surface area contributed by atoms with Crippen LogP contribution in [0.3, 0.4) is 0 Å². The smallest absolute Gasteiger partial charge is 0.169 e. The SMILES string of the molecule is Cc1cccc(C)c1-c1cc(Cl)cc2c1OC(CN)CO2. The van der Waals surface area contributed by atoms with E-state index in [1.165, 1.54) is 11.1 Å². The highest BCUT2D eigenvalue weighted by Crippen LogP contribution is 2.45. The molecule has 0 amide bonds. The van der Waals surface area contributed by atoms with Gasteiger partial charge in [-0.15, -0.1) is 0 Å². The van der Waals surface area contributed by atoms with Crippen LogP contribution in [0.2, 0.25) is 5.02 Å². The number of fused-ring (bicyclic) bond motifs is 1. The Labute approximate surface area is 129 Å². The van der Waals surface area contributed by atoms with Crippen molar-refractivity contribution in [3.63, 3.8) is 0 Å². The Hall–Kier alpha value is -1.71. The van der Waals surface area contributed by atoms with Crippen molar-refractivity contribution < 1.29 is 9.47 Å². The van der Waals surface area contributed by atoms with Gasteiger partial charge in [0.1, 0.15) is 12.7 Å². The van der Waals surface area contributed by atoms with Crippen molar-refractivity contribution in [3.8, 4) is 22.6 Å². The topological polar surface area (TPSA) is 44.5 Å². The Bertz CT molecular complexity index is 664. The van der Waals surface area contributed by atoms with Crippen LogP contribution in [-0.4, -0.2) is 19.3 Å². The molecule has 0 spiro atoms. The number of aryl methyl sites for hydroxylation is 2. The van der Waals surface area contributed by atoms with Gasteiger partial charge in [-0.25, -0.2) is 0 Å². The first kappa shape index (κ1) is 14.2. The molecule has 0 fully saturated rings. The molecule has 0 saturated heterocycles. The molecule has 21 heavy (non-hydrogen) atoms. The second kappa shape index (κ2) is 5.58. The number of benzene rings is 2. The summed E-state index contributed by atoms with van der Waals surface area (Å²) < 4.78 is 11.8. The zero-order valence-electron chi connectivity index (χ0n) is 12.2. The average Bonchev–Trinajstić information content (AvgIpc) is 2.46. The van der Waals surface area contributed by atoms with E-state index in [2.05, 4.69) is 26.0 Å². The molecule has 2 N–H and O–H groups in total. The van der Waals surface area contributed by atoms with Crippen molar-refractivity contribution in [2.75, 3.05) is 13.2 Å². The predicted octanol–water partition coefficient (Wildman–Crippen LogP) is 3.72. The summed E-state index contributed by atoms with van der Waals surface area (Å²) in [7, 11) is 0. The van der Waals surface area contributed by atoms with Crippen LogP contribution >= 0.6 is 11.6 Å². The van der Waals surface area contributed by atoms with E-state index in [-0.39, 0.29) is 6.10 Å². The largest absolute Gasteiger partial charge is 0.486 e. The normalized spacial score (nSPS) is 16.9. The lowest BCUT2D eigenvalue weighted by molar-refractivity contribution is 0.0976. The van der Waals surface area contributed by atoms with Gasteiger partial charge in [-0.3, -0.25) is 0 Å². The zero-order chi connectivity index (χ0) is 15.0. The first-order valence-corrected chi connectivity index (χ1v) is 7.37. The molecule has 1 unspecified atom stereocenters. The Morgan fingerprint density at radius 2 is 1.95 bits per heavy atom. The molecule has 4 heteroatoms. The van der Waals surface area contributed by atoms with Gasteiger partial charge in [-0.05, 0) is 36.6 Å². The van der Waals surface area contributed by atoms with Gasteiger partial charge in [0.05, 0.1) is 0 Å². The highest BCUT2D eigenvalue weighted by atomic mass is 35.5. The fourth-order valence-corrected chi connectivity index (χ4v) is 2.93. The monoisotopic (exact) mass is 303 g/mol. The van der Waals surface area contributed by atoms with E-state index in [0.29, 0.717) is 23.9 Å². The minimum absolute atomic E-state index is 0.123. The molecule has 2 aromatic carbocycles. The number of ether oxygens (including phenoxy) is 2. The van der Waals surface area contributed by atoms with Crippen molar-refractivity contribution in [1.29, 1.82) is 0 Å². The van der Waals surface area contributed by atoms with Crippen molar-refractivity contribution in [2.45, 2.75) is 20.0 Å².